The number of amides is 1. The van der Waals surface area contributed by atoms with Crippen LogP contribution in [0, 0.1) is 0 Å². The van der Waals surface area contributed by atoms with Gasteiger partial charge in [-0.3, -0.25) is 9.69 Å². The third-order valence-corrected chi connectivity index (χ3v) is 8.41. The molecule has 3 heterocycles. The van der Waals surface area contributed by atoms with E-state index in [1.54, 1.807) is 24.2 Å². The van der Waals surface area contributed by atoms with Gasteiger partial charge in [-0.1, -0.05) is 56.3 Å². The molecule has 3 aromatic rings. The monoisotopic (exact) mass is 791 g/mol. The highest BCUT2D eigenvalue weighted by Crippen LogP contribution is 2.37. The third kappa shape index (κ3) is 13.0. The summed E-state index contributed by atoms with van der Waals surface area (Å²) in [6, 6.07) is 10.9. The number of allylic oxidation sites excluding steroid dienone is 2. The van der Waals surface area contributed by atoms with Crippen molar-refractivity contribution in [1.29, 1.82) is 0 Å². The van der Waals surface area contributed by atoms with E-state index in [0.29, 0.717) is 24.3 Å². The maximum absolute atomic E-state index is 13.0. The van der Waals surface area contributed by atoms with Crippen molar-refractivity contribution in [2.45, 2.75) is 84.5 Å². The molecule has 304 valence electrons. The number of methoxy groups -OCH3 is 1. The molecule has 56 heavy (non-hydrogen) atoms. The molecule has 1 aromatic heterocycles. The molecule has 16 heteroatoms. The number of carbonyl (C=O) groups is 2. The second-order valence-corrected chi connectivity index (χ2v) is 12.3. The fourth-order valence-electron chi connectivity index (χ4n) is 5.70. The van der Waals surface area contributed by atoms with Gasteiger partial charge in [0, 0.05) is 43.3 Å². The standard InChI is InChI=1S/C24H19F6N3O2.C14H22N2O3.C2H6/c25-23(26,27)19-9-18(10-20(11-19)24(28,29)30)14-33-22-31-12-17(13-32-22)7-4-8-21(34)35-15-16-5-2-1-3-6-16;1-5-19-14(17)16-10(2)6-7-11-12(16)8-9-13(18-4)15(11)3;1-2/h1-7,9-13H,8,14-15H2,(H,31,32,33);8-11H,5-7H2,1-4H3;1-2H3/t;10-,11?;/m.1./s1. The number of aromatic nitrogens is 2. The van der Waals surface area contributed by atoms with Gasteiger partial charge < -0.3 is 24.4 Å². The van der Waals surface area contributed by atoms with Gasteiger partial charge in [0.05, 0.1) is 37.3 Å². The maximum atomic E-state index is 13.0. The van der Waals surface area contributed by atoms with E-state index >= 15 is 0 Å². The molecule has 1 N–H and O–H groups in total. The van der Waals surface area contributed by atoms with Crippen LogP contribution in [0.25, 0.3) is 6.08 Å². The average molecular weight is 792 g/mol. The number of ether oxygens (including phenoxy) is 3. The van der Waals surface area contributed by atoms with Crippen molar-refractivity contribution >= 4 is 24.1 Å². The van der Waals surface area contributed by atoms with Crippen LogP contribution in [0.2, 0.25) is 0 Å². The molecule has 2 aliphatic rings. The lowest BCUT2D eigenvalue weighted by Gasteiger charge is -2.45. The topological polar surface area (TPSA) is 106 Å². The number of nitrogens with one attached hydrogen (secondary N) is 1. The van der Waals surface area contributed by atoms with Gasteiger partial charge in [0.25, 0.3) is 0 Å². The Labute approximate surface area is 322 Å². The number of hydrogen-bond acceptors (Lipinski definition) is 9. The fourth-order valence-corrected chi connectivity index (χ4v) is 5.70. The van der Waals surface area contributed by atoms with Crippen LogP contribution in [0.1, 0.15) is 74.8 Å². The number of likely N-dealkylation sites (N-methyl/N-ethyl adjacent to an activating group) is 1. The second kappa shape index (κ2) is 20.9. The smallest absolute Gasteiger partial charge is 0.416 e. The van der Waals surface area contributed by atoms with E-state index in [-0.39, 0.29) is 55.3 Å². The number of hydrogen-bond donors (Lipinski definition) is 1. The molecule has 10 nitrogen and oxygen atoms in total. The number of alkyl halides is 6. The summed E-state index contributed by atoms with van der Waals surface area (Å²) >= 11 is 0. The number of carbonyl (C=O) groups excluding carboxylic acids is 2. The lowest BCUT2D eigenvalue weighted by molar-refractivity contribution is -0.144. The first-order valence-corrected chi connectivity index (χ1v) is 18.0. The zero-order valence-corrected chi connectivity index (χ0v) is 32.1. The minimum absolute atomic E-state index is 0.00962. The Bertz CT molecular complexity index is 1780. The van der Waals surface area contributed by atoms with Crippen molar-refractivity contribution in [2.75, 3.05) is 26.1 Å². The Morgan fingerprint density at radius 3 is 2.11 bits per heavy atom. The summed E-state index contributed by atoms with van der Waals surface area (Å²) < 4.78 is 93.5. The molecule has 5 rings (SSSR count). The minimum Gasteiger partial charge on any atom is -0.482 e. The Morgan fingerprint density at radius 2 is 1.54 bits per heavy atom. The first kappa shape index (κ1) is 44.9. The summed E-state index contributed by atoms with van der Waals surface area (Å²) in [6.07, 6.45) is 1.66. The number of halogens is 6. The van der Waals surface area contributed by atoms with Gasteiger partial charge in [-0.25, -0.2) is 14.8 Å². The molecule has 2 atom stereocenters. The van der Waals surface area contributed by atoms with Crippen LogP contribution in [-0.2, 0) is 44.5 Å². The molecule has 0 aliphatic carbocycles. The van der Waals surface area contributed by atoms with Gasteiger partial charge >= 0.3 is 24.4 Å². The second-order valence-electron chi connectivity index (χ2n) is 12.3. The Kier molecular flexibility index (Phi) is 16.8. The van der Waals surface area contributed by atoms with Crippen LogP contribution in [0.3, 0.4) is 0 Å². The van der Waals surface area contributed by atoms with Crippen LogP contribution in [0.5, 0.6) is 0 Å². The highest BCUT2D eigenvalue weighted by molar-refractivity contribution is 5.72. The van der Waals surface area contributed by atoms with E-state index in [1.807, 2.05) is 70.3 Å². The summed E-state index contributed by atoms with van der Waals surface area (Å²) in [4.78, 5) is 35.7. The molecule has 1 unspecified atom stereocenters. The van der Waals surface area contributed by atoms with E-state index in [2.05, 4.69) is 27.1 Å². The van der Waals surface area contributed by atoms with Crippen molar-refractivity contribution in [3.8, 4) is 0 Å². The van der Waals surface area contributed by atoms with Gasteiger partial charge in [-0.05, 0) is 68.2 Å². The predicted octanol–water partition coefficient (Wildman–Crippen LogP) is 9.61. The summed E-state index contributed by atoms with van der Waals surface area (Å²) in [7, 11) is 3.65. The van der Waals surface area contributed by atoms with E-state index < -0.39 is 29.4 Å². The first-order valence-electron chi connectivity index (χ1n) is 18.0. The highest BCUT2D eigenvalue weighted by atomic mass is 19.4. The molecule has 2 aromatic carbocycles. The number of esters is 1. The minimum atomic E-state index is -4.92. The molecule has 0 spiro atoms. The quantitative estimate of drug-likeness (QED) is 0.159. The number of benzene rings is 2. The number of nitrogens with zero attached hydrogens (tertiary/aromatic N) is 4. The normalized spacial score (nSPS) is 16.6. The molecule has 1 amide bonds. The summed E-state index contributed by atoms with van der Waals surface area (Å²) in [5.74, 6) is 0.408. The van der Waals surface area contributed by atoms with Gasteiger partial charge in [0.1, 0.15) is 6.61 Å². The maximum Gasteiger partial charge on any atom is 0.416 e. The van der Waals surface area contributed by atoms with Crippen molar-refractivity contribution < 1.29 is 50.1 Å². The van der Waals surface area contributed by atoms with Crippen LogP contribution >= 0.6 is 0 Å². The number of rotatable bonds is 10. The molecule has 1 fully saturated rings. The molecular formula is C40H47F6N5O5. The number of piperidine rings is 1. The molecular weight excluding hydrogens is 744 g/mol. The zero-order chi connectivity index (χ0) is 41.5. The van der Waals surface area contributed by atoms with Crippen molar-refractivity contribution in [2.24, 2.45) is 0 Å². The average Bonchev–Trinajstić information content (AvgIpc) is 3.17. The predicted molar refractivity (Wildman–Crippen MR) is 199 cm³/mol. The molecule has 0 radical (unpaired) electrons. The van der Waals surface area contributed by atoms with Gasteiger partial charge in [-0.2, -0.15) is 26.3 Å². The van der Waals surface area contributed by atoms with Gasteiger partial charge in [0.2, 0.25) is 5.95 Å². The van der Waals surface area contributed by atoms with Gasteiger partial charge in [-0.15, -0.1) is 0 Å². The van der Waals surface area contributed by atoms with Crippen molar-refractivity contribution in [3.63, 3.8) is 0 Å². The third-order valence-electron chi connectivity index (χ3n) is 8.41. The van der Waals surface area contributed by atoms with E-state index in [9.17, 15) is 35.9 Å². The Balaban J connectivity index is 0.000000337. The number of likely N-dealkylation sites (tertiary alicyclic amines) is 1. The van der Waals surface area contributed by atoms with Crippen molar-refractivity contribution in [1.82, 2.24) is 19.8 Å². The Hall–Kier alpha value is -5.54. The lowest BCUT2D eigenvalue weighted by Crippen LogP contribution is -2.51. The lowest BCUT2D eigenvalue weighted by atomic mass is 9.93. The summed E-state index contributed by atoms with van der Waals surface area (Å²) in [5, 5.41) is 2.60. The van der Waals surface area contributed by atoms with E-state index in [1.165, 1.54) is 12.4 Å². The van der Waals surface area contributed by atoms with Gasteiger partial charge in [0.15, 0.2) is 5.88 Å². The highest BCUT2D eigenvalue weighted by Gasteiger charge is 2.39. The van der Waals surface area contributed by atoms with Crippen molar-refractivity contribution in [3.05, 3.63) is 119 Å². The summed E-state index contributed by atoms with van der Waals surface area (Å²) in [6.45, 7) is 8.09. The zero-order valence-electron chi connectivity index (χ0n) is 32.1. The fraction of sp³-hybridized carbons (Fsp3) is 0.400. The van der Waals surface area contributed by atoms with Crippen LogP contribution in [0.4, 0.5) is 37.1 Å². The molecule has 1 saturated heterocycles. The van der Waals surface area contributed by atoms with E-state index in [0.717, 1.165) is 30.0 Å². The van der Waals surface area contributed by atoms with Crippen LogP contribution in [0.15, 0.2) is 90.7 Å². The van der Waals surface area contributed by atoms with E-state index in [4.69, 9.17) is 14.2 Å². The largest absolute Gasteiger partial charge is 0.482 e. The molecule has 0 saturated carbocycles. The van der Waals surface area contributed by atoms with Crippen LogP contribution < -0.4 is 5.32 Å². The molecule has 0 bridgehead atoms. The van der Waals surface area contributed by atoms with Crippen LogP contribution in [-0.4, -0.2) is 64.7 Å². The molecule has 2 aliphatic heterocycles. The number of anilines is 1. The Morgan fingerprint density at radius 1 is 0.911 bits per heavy atom. The number of fused-ring (bicyclic) bond motifs is 1. The summed E-state index contributed by atoms with van der Waals surface area (Å²) in [5.41, 5.74) is -0.624. The first-order chi connectivity index (χ1) is 26.6. The SMILES string of the molecule is CC.CCOC(=O)N1C2=CC=C(OC)N(C)C2CC[C@H]1C.O=C(CC=Cc1cnc(NCc2cc(C(F)(F)F)cc(C(F)(F)F)c2)nc1)OCc1ccccc1.